The van der Waals surface area contributed by atoms with E-state index < -0.39 is 68.5 Å². The van der Waals surface area contributed by atoms with Gasteiger partial charge in [-0.3, -0.25) is 0 Å². The molecule has 2 fully saturated rings. The topological polar surface area (TPSA) is 169 Å². The quantitative estimate of drug-likeness (QED) is 0.268. The van der Waals surface area contributed by atoms with Crippen LogP contribution in [-0.4, -0.2) is 104 Å². The van der Waals surface area contributed by atoms with Crippen LogP contribution < -0.4 is 0 Å². The standard InChI is InChI=1S/C12H22O10/c13-2-6-4(15)1-5(11(19)20-6)21-12-10(18)9(17)8(16)7(3-14)22-12/h4-19H,1-3H2. The first kappa shape index (κ1) is 17.9. The Hall–Kier alpha value is -0.400. The predicted octanol–water partition coefficient (Wildman–Crippen LogP) is -4.37. The summed E-state index contributed by atoms with van der Waals surface area (Å²) < 4.78 is 15.4. The average Bonchev–Trinajstić information content (AvgIpc) is 2.50. The smallest absolute Gasteiger partial charge is 0.187 e. The van der Waals surface area contributed by atoms with E-state index in [9.17, 15) is 25.5 Å². The van der Waals surface area contributed by atoms with Crippen LogP contribution in [0.1, 0.15) is 6.42 Å². The fraction of sp³-hybridized carbons (Fsp3) is 1.00. The second-order valence-electron chi connectivity index (χ2n) is 5.42. The molecule has 0 aliphatic carbocycles. The van der Waals surface area contributed by atoms with E-state index >= 15 is 0 Å². The molecule has 0 saturated carbocycles. The summed E-state index contributed by atoms with van der Waals surface area (Å²) in [5.74, 6) is 0. The van der Waals surface area contributed by atoms with Gasteiger partial charge in [0, 0.05) is 6.42 Å². The van der Waals surface area contributed by atoms with Crippen LogP contribution in [0.3, 0.4) is 0 Å². The van der Waals surface area contributed by atoms with Crippen LogP contribution in [0.2, 0.25) is 0 Å². The molecule has 0 spiro atoms. The van der Waals surface area contributed by atoms with E-state index in [0.717, 1.165) is 0 Å². The number of hydrogen-bond acceptors (Lipinski definition) is 10. The molecular formula is C12H22O10. The van der Waals surface area contributed by atoms with Gasteiger partial charge >= 0.3 is 0 Å². The molecule has 0 amide bonds. The van der Waals surface area contributed by atoms with Crippen LogP contribution in [0.5, 0.6) is 0 Å². The highest BCUT2D eigenvalue weighted by Crippen LogP contribution is 2.27. The van der Waals surface area contributed by atoms with Gasteiger partial charge in [-0.1, -0.05) is 0 Å². The van der Waals surface area contributed by atoms with Crippen molar-refractivity contribution in [2.45, 2.75) is 61.7 Å². The van der Waals surface area contributed by atoms with Gasteiger partial charge in [0.2, 0.25) is 0 Å². The maximum atomic E-state index is 9.84. The van der Waals surface area contributed by atoms with E-state index in [0.29, 0.717) is 0 Å². The molecule has 0 radical (unpaired) electrons. The molecule has 0 aromatic rings. The first-order valence-corrected chi connectivity index (χ1v) is 6.97. The summed E-state index contributed by atoms with van der Waals surface area (Å²) in [6.07, 6.45) is -12.0. The zero-order valence-electron chi connectivity index (χ0n) is 11.7. The lowest BCUT2D eigenvalue weighted by Crippen LogP contribution is -2.61. The lowest BCUT2D eigenvalue weighted by atomic mass is 9.98. The minimum Gasteiger partial charge on any atom is -0.394 e. The van der Waals surface area contributed by atoms with Gasteiger partial charge in [-0.25, -0.2) is 0 Å². The molecule has 22 heavy (non-hydrogen) atoms. The Morgan fingerprint density at radius 1 is 0.818 bits per heavy atom. The zero-order valence-corrected chi connectivity index (χ0v) is 11.7. The molecule has 10 heteroatoms. The van der Waals surface area contributed by atoms with Crippen LogP contribution >= 0.6 is 0 Å². The minimum absolute atomic E-state index is 0.0958. The number of aliphatic hydroxyl groups excluding tert-OH is 7. The van der Waals surface area contributed by atoms with E-state index in [1.165, 1.54) is 0 Å². The fourth-order valence-electron chi connectivity index (χ4n) is 2.50. The molecule has 2 rings (SSSR count). The van der Waals surface area contributed by atoms with Gasteiger partial charge in [0.1, 0.15) is 36.6 Å². The molecule has 0 bridgehead atoms. The van der Waals surface area contributed by atoms with Crippen molar-refractivity contribution in [3.8, 4) is 0 Å². The van der Waals surface area contributed by atoms with E-state index in [1.807, 2.05) is 0 Å². The third-order valence-electron chi connectivity index (χ3n) is 3.87. The summed E-state index contributed by atoms with van der Waals surface area (Å²) >= 11 is 0. The lowest BCUT2D eigenvalue weighted by Gasteiger charge is -2.43. The van der Waals surface area contributed by atoms with E-state index in [2.05, 4.69) is 0 Å². The van der Waals surface area contributed by atoms with Gasteiger partial charge in [-0.15, -0.1) is 0 Å². The Labute approximate surface area is 126 Å². The SMILES string of the molecule is OCC1OC(O)C(OC2OC(CO)C(O)C(O)C2O)CC1O. The third kappa shape index (κ3) is 3.57. The van der Waals surface area contributed by atoms with Crippen LogP contribution in [0.4, 0.5) is 0 Å². The Balaban J connectivity index is 2.00. The normalized spacial score (nSPS) is 50.0. The average molecular weight is 326 g/mol. The first-order valence-electron chi connectivity index (χ1n) is 6.97. The van der Waals surface area contributed by atoms with E-state index in [1.54, 1.807) is 0 Å². The van der Waals surface area contributed by atoms with Crippen LogP contribution in [0.25, 0.3) is 0 Å². The van der Waals surface area contributed by atoms with Gasteiger partial charge in [0.25, 0.3) is 0 Å². The Morgan fingerprint density at radius 2 is 1.45 bits per heavy atom. The molecule has 2 saturated heterocycles. The van der Waals surface area contributed by atoms with Crippen LogP contribution in [0, 0.1) is 0 Å². The number of aliphatic hydroxyl groups is 7. The summed E-state index contributed by atoms with van der Waals surface area (Å²) in [4.78, 5) is 0. The fourth-order valence-corrected chi connectivity index (χ4v) is 2.50. The molecule has 7 N–H and O–H groups in total. The highest BCUT2D eigenvalue weighted by molar-refractivity contribution is 4.90. The molecule has 10 nitrogen and oxygen atoms in total. The van der Waals surface area contributed by atoms with Crippen molar-refractivity contribution in [3.05, 3.63) is 0 Å². The van der Waals surface area contributed by atoms with Crippen LogP contribution in [0.15, 0.2) is 0 Å². The summed E-state index contributed by atoms with van der Waals surface area (Å²) in [5.41, 5.74) is 0. The van der Waals surface area contributed by atoms with Crippen molar-refractivity contribution in [2.75, 3.05) is 13.2 Å². The first-order chi connectivity index (χ1) is 10.4. The number of hydrogen-bond donors (Lipinski definition) is 7. The lowest BCUT2D eigenvalue weighted by molar-refractivity contribution is -0.345. The van der Waals surface area contributed by atoms with Crippen molar-refractivity contribution in [2.24, 2.45) is 0 Å². The molecule has 0 aromatic carbocycles. The maximum absolute atomic E-state index is 9.84. The number of rotatable bonds is 4. The molecule has 130 valence electrons. The second-order valence-corrected chi connectivity index (χ2v) is 5.42. The second kappa shape index (κ2) is 7.45. The Bertz CT molecular complexity index is 353. The highest BCUT2D eigenvalue weighted by Gasteiger charge is 2.47. The monoisotopic (exact) mass is 326 g/mol. The zero-order chi connectivity index (χ0) is 16.4. The predicted molar refractivity (Wildman–Crippen MR) is 67.2 cm³/mol. The summed E-state index contributed by atoms with van der Waals surface area (Å²) in [5, 5.41) is 66.7. The van der Waals surface area contributed by atoms with Crippen molar-refractivity contribution in [1.29, 1.82) is 0 Å². The molecule has 0 aromatic heterocycles. The van der Waals surface area contributed by atoms with Gasteiger partial charge < -0.3 is 50.0 Å². The van der Waals surface area contributed by atoms with Crippen molar-refractivity contribution < 1.29 is 50.0 Å². The third-order valence-corrected chi connectivity index (χ3v) is 3.87. The van der Waals surface area contributed by atoms with E-state index in [4.69, 9.17) is 24.4 Å². The summed E-state index contributed by atoms with van der Waals surface area (Å²) in [6, 6.07) is 0. The van der Waals surface area contributed by atoms with Gasteiger partial charge in [0.15, 0.2) is 12.6 Å². The maximum Gasteiger partial charge on any atom is 0.187 e. The molecular weight excluding hydrogens is 304 g/mol. The minimum atomic E-state index is -1.61. The van der Waals surface area contributed by atoms with Crippen molar-refractivity contribution >= 4 is 0 Å². The van der Waals surface area contributed by atoms with Gasteiger partial charge in [-0.05, 0) is 0 Å². The Kier molecular flexibility index (Phi) is 6.07. The number of ether oxygens (including phenoxy) is 3. The molecule has 9 unspecified atom stereocenters. The molecule has 2 aliphatic heterocycles. The Morgan fingerprint density at radius 3 is 2.05 bits per heavy atom. The molecule has 2 heterocycles. The van der Waals surface area contributed by atoms with Crippen LogP contribution in [-0.2, 0) is 14.2 Å². The van der Waals surface area contributed by atoms with Crippen molar-refractivity contribution in [1.82, 2.24) is 0 Å². The highest BCUT2D eigenvalue weighted by atomic mass is 16.7. The summed E-state index contributed by atoms with van der Waals surface area (Å²) in [7, 11) is 0. The largest absolute Gasteiger partial charge is 0.394 e. The molecule has 2 aliphatic rings. The molecule has 9 atom stereocenters. The summed E-state index contributed by atoms with van der Waals surface area (Å²) in [6.45, 7) is -1.09. The van der Waals surface area contributed by atoms with Gasteiger partial charge in [0.05, 0.1) is 19.3 Å². The van der Waals surface area contributed by atoms with E-state index in [-0.39, 0.29) is 6.42 Å². The van der Waals surface area contributed by atoms with Crippen molar-refractivity contribution in [3.63, 3.8) is 0 Å². The van der Waals surface area contributed by atoms with Gasteiger partial charge in [-0.2, -0.15) is 0 Å².